The molecule has 2 heteroatoms. The predicted octanol–water partition coefficient (Wildman–Crippen LogP) is 6.24. The minimum Gasteiger partial charge on any atom is -0.121 e. The van der Waals surface area contributed by atoms with Crippen molar-refractivity contribution in [3.05, 3.63) is 64.2 Å². The van der Waals surface area contributed by atoms with E-state index < -0.39 is 0 Å². The zero-order valence-corrected chi connectivity index (χ0v) is 14.1. The van der Waals surface area contributed by atoms with Crippen LogP contribution in [0.5, 0.6) is 0 Å². The van der Waals surface area contributed by atoms with Crippen LogP contribution < -0.4 is 0 Å². The van der Waals surface area contributed by atoms with Crippen LogP contribution in [0.15, 0.2) is 47.4 Å². The van der Waals surface area contributed by atoms with Crippen LogP contribution in [0.1, 0.15) is 37.5 Å². The van der Waals surface area contributed by atoms with Crippen LogP contribution >= 0.6 is 23.4 Å². The smallest absolute Gasteiger partial charge is 0.0446 e. The molecule has 0 saturated heterocycles. The van der Waals surface area contributed by atoms with Crippen LogP contribution in [0.2, 0.25) is 5.02 Å². The molecular weight excluding hydrogens is 284 g/mol. The highest BCUT2D eigenvalue weighted by atomic mass is 35.5. The van der Waals surface area contributed by atoms with Gasteiger partial charge in [-0.25, -0.2) is 0 Å². The van der Waals surface area contributed by atoms with Crippen molar-refractivity contribution in [1.29, 1.82) is 0 Å². The first kappa shape index (κ1) is 15.5. The van der Waals surface area contributed by atoms with Gasteiger partial charge in [-0.1, -0.05) is 62.7 Å². The summed E-state index contributed by atoms with van der Waals surface area (Å²) in [5.41, 5.74) is 4.09. The van der Waals surface area contributed by atoms with Crippen LogP contribution in [0.4, 0.5) is 0 Å². The molecular formula is C18H21ClS. The molecule has 0 aliphatic carbocycles. The fourth-order valence-electron chi connectivity index (χ4n) is 1.99. The molecule has 0 unspecified atom stereocenters. The van der Waals surface area contributed by atoms with E-state index in [0.29, 0.717) is 0 Å². The molecule has 0 aliphatic rings. The summed E-state index contributed by atoms with van der Waals surface area (Å²) in [7, 11) is 0. The molecule has 0 amide bonds. The number of hydrogen-bond acceptors (Lipinski definition) is 1. The third-order valence-corrected chi connectivity index (χ3v) is 4.97. The second-order valence-electron chi connectivity index (χ2n) is 6.11. The molecule has 0 aromatic heterocycles. The van der Waals surface area contributed by atoms with E-state index in [1.54, 1.807) is 0 Å². The normalized spacial score (nSPS) is 11.7. The standard InChI is InChI=1S/C18H21ClS/c1-13-9-10-15(18(2,3)4)11-17(13)20-12-14-7-5-6-8-16(14)19/h5-11H,12H2,1-4H3. The van der Waals surface area contributed by atoms with Gasteiger partial charge in [0.1, 0.15) is 0 Å². The zero-order chi connectivity index (χ0) is 14.8. The van der Waals surface area contributed by atoms with E-state index in [-0.39, 0.29) is 5.41 Å². The van der Waals surface area contributed by atoms with Gasteiger partial charge in [0.2, 0.25) is 0 Å². The van der Waals surface area contributed by atoms with Gasteiger partial charge in [-0.05, 0) is 41.2 Å². The van der Waals surface area contributed by atoms with Gasteiger partial charge in [0.25, 0.3) is 0 Å². The first-order chi connectivity index (χ1) is 9.38. The lowest BCUT2D eigenvalue weighted by molar-refractivity contribution is 0.588. The maximum Gasteiger partial charge on any atom is 0.0446 e. The number of thioether (sulfide) groups is 1. The summed E-state index contributed by atoms with van der Waals surface area (Å²) in [5.74, 6) is 0.911. The van der Waals surface area contributed by atoms with Gasteiger partial charge in [-0.2, -0.15) is 0 Å². The Hall–Kier alpha value is -0.920. The van der Waals surface area contributed by atoms with Crippen LogP contribution in [-0.4, -0.2) is 0 Å². The molecule has 2 aromatic rings. The lowest BCUT2D eigenvalue weighted by atomic mass is 9.87. The van der Waals surface area contributed by atoms with E-state index in [4.69, 9.17) is 11.6 Å². The number of rotatable bonds is 3. The molecule has 2 rings (SSSR count). The molecule has 0 N–H and O–H groups in total. The van der Waals surface area contributed by atoms with E-state index in [1.165, 1.54) is 21.6 Å². The minimum absolute atomic E-state index is 0.188. The van der Waals surface area contributed by atoms with Crippen molar-refractivity contribution in [2.75, 3.05) is 0 Å². The number of aryl methyl sites for hydroxylation is 1. The maximum atomic E-state index is 6.22. The summed E-state index contributed by atoms with van der Waals surface area (Å²) in [5, 5.41) is 0.852. The molecule has 106 valence electrons. The Morgan fingerprint density at radius 2 is 1.75 bits per heavy atom. The molecule has 0 fully saturated rings. The minimum atomic E-state index is 0.188. The first-order valence-corrected chi connectivity index (χ1v) is 8.21. The molecule has 0 nitrogen and oxygen atoms in total. The lowest BCUT2D eigenvalue weighted by Gasteiger charge is -2.20. The van der Waals surface area contributed by atoms with Crippen molar-refractivity contribution >= 4 is 23.4 Å². The fraction of sp³-hybridized carbons (Fsp3) is 0.333. The zero-order valence-electron chi connectivity index (χ0n) is 12.5. The number of hydrogen-bond donors (Lipinski definition) is 0. The highest BCUT2D eigenvalue weighted by Gasteiger charge is 2.15. The highest BCUT2D eigenvalue weighted by molar-refractivity contribution is 7.98. The van der Waals surface area contributed by atoms with E-state index in [1.807, 2.05) is 30.0 Å². The van der Waals surface area contributed by atoms with Crippen LogP contribution in [0, 0.1) is 6.92 Å². The Morgan fingerprint density at radius 1 is 1.05 bits per heavy atom. The van der Waals surface area contributed by atoms with Crippen molar-refractivity contribution in [2.24, 2.45) is 0 Å². The Kier molecular flexibility index (Phi) is 4.82. The molecule has 2 aromatic carbocycles. The summed E-state index contributed by atoms with van der Waals surface area (Å²) in [6.07, 6.45) is 0. The SMILES string of the molecule is Cc1ccc(C(C)(C)C)cc1SCc1ccccc1Cl. The highest BCUT2D eigenvalue weighted by Crippen LogP contribution is 2.32. The third kappa shape index (κ3) is 3.80. The first-order valence-electron chi connectivity index (χ1n) is 6.85. The van der Waals surface area contributed by atoms with Gasteiger partial charge >= 0.3 is 0 Å². The second-order valence-corrected chi connectivity index (χ2v) is 7.53. The lowest BCUT2D eigenvalue weighted by Crippen LogP contribution is -2.11. The summed E-state index contributed by atoms with van der Waals surface area (Å²) in [4.78, 5) is 1.34. The number of benzene rings is 2. The van der Waals surface area contributed by atoms with E-state index in [9.17, 15) is 0 Å². The molecule has 20 heavy (non-hydrogen) atoms. The van der Waals surface area contributed by atoms with E-state index >= 15 is 0 Å². The predicted molar refractivity (Wildman–Crippen MR) is 90.9 cm³/mol. The van der Waals surface area contributed by atoms with Gasteiger partial charge in [0, 0.05) is 15.7 Å². The second kappa shape index (κ2) is 6.24. The van der Waals surface area contributed by atoms with Crippen LogP contribution in [0.25, 0.3) is 0 Å². The van der Waals surface area contributed by atoms with Crippen molar-refractivity contribution in [2.45, 2.75) is 43.8 Å². The average molecular weight is 305 g/mol. The van der Waals surface area contributed by atoms with Gasteiger partial charge in [0.15, 0.2) is 0 Å². The molecule has 0 atom stereocenters. The third-order valence-electron chi connectivity index (χ3n) is 3.40. The summed E-state index contributed by atoms with van der Waals surface area (Å²) in [6, 6.07) is 14.8. The van der Waals surface area contributed by atoms with Gasteiger partial charge < -0.3 is 0 Å². The average Bonchev–Trinajstić information content (AvgIpc) is 2.38. The molecule has 0 saturated carbocycles. The van der Waals surface area contributed by atoms with Crippen LogP contribution in [-0.2, 0) is 11.2 Å². The Bertz CT molecular complexity index is 597. The summed E-state index contributed by atoms with van der Waals surface area (Å²) >= 11 is 8.08. The molecule has 0 bridgehead atoms. The largest absolute Gasteiger partial charge is 0.121 e. The van der Waals surface area contributed by atoms with Crippen molar-refractivity contribution < 1.29 is 0 Å². The molecule has 0 heterocycles. The van der Waals surface area contributed by atoms with Crippen molar-refractivity contribution in [3.63, 3.8) is 0 Å². The van der Waals surface area contributed by atoms with Crippen molar-refractivity contribution in [1.82, 2.24) is 0 Å². The van der Waals surface area contributed by atoms with Crippen molar-refractivity contribution in [3.8, 4) is 0 Å². The Balaban J connectivity index is 2.19. The van der Waals surface area contributed by atoms with Gasteiger partial charge in [0.05, 0.1) is 0 Å². The number of halogens is 1. The van der Waals surface area contributed by atoms with Crippen LogP contribution in [0.3, 0.4) is 0 Å². The summed E-state index contributed by atoms with van der Waals surface area (Å²) < 4.78 is 0. The maximum absolute atomic E-state index is 6.22. The summed E-state index contributed by atoms with van der Waals surface area (Å²) in [6.45, 7) is 8.92. The Morgan fingerprint density at radius 3 is 2.40 bits per heavy atom. The van der Waals surface area contributed by atoms with Gasteiger partial charge in [-0.3, -0.25) is 0 Å². The monoisotopic (exact) mass is 304 g/mol. The molecule has 0 spiro atoms. The van der Waals surface area contributed by atoms with E-state index in [0.717, 1.165) is 10.8 Å². The molecule has 0 aliphatic heterocycles. The Labute approximate surface area is 131 Å². The quantitative estimate of drug-likeness (QED) is 0.605. The topological polar surface area (TPSA) is 0 Å². The van der Waals surface area contributed by atoms with Gasteiger partial charge in [-0.15, -0.1) is 11.8 Å². The molecule has 0 radical (unpaired) electrons. The fourth-order valence-corrected chi connectivity index (χ4v) is 3.34. The van der Waals surface area contributed by atoms with E-state index in [2.05, 4.69) is 52.0 Å².